The summed E-state index contributed by atoms with van der Waals surface area (Å²) in [6, 6.07) is 20.5. The van der Waals surface area contributed by atoms with Gasteiger partial charge in [-0.2, -0.15) is 0 Å². The summed E-state index contributed by atoms with van der Waals surface area (Å²) in [6.07, 6.45) is 5.72. The molecule has 2 amide bonds. The van der Waals surface area contributed by atoms with Crippen molar-refractivity contribution < 1.29 is 18.4 Å². The third-order valence-corrected chi connectivity index (χ3v) is 8.58. The molecule has 226 valence electrons. The van der Waals surface area contributed by atoms with Gasteiger partial charge in [0.25, 0.3) is 5.91 Å². The van der Waals surface area contributed by atoms with E-state index in [0.717, 1.165) is 61.8 Å². The van der Waals surface area contributed by atoms with Crippen LogP contribution in [-0.2, 0) is 17.8 Å². The van der Waals surface area contributed by atoms with Gasteiger partial charge in [-0.1, -0.05) is 59.6 Å². The fourth-order valence-electron chi connectivity index (χ4n) is 6.04. The van der Waals surface area contributed by atoms with Gasteiger partial charge in [-0.3, -0.25) is 14.4 Å². The highest BCUT2D eigenvalue weighted by atomic mass is 35.5. The third kappa shape index (κ3) is 6.70. The van der Waals surface area contributed by atoms with Crippen LogP contribution < -0.4 is 15.6 Å². The topological polar surface area (TPSA) is 82.9 Å². The predicted octanol–water partition coefficient (Wildman–Crippen LogP) is 6.28. The molecule has 44 heavy (non-hydrogen) atoms. The van der Waals surface area contributed by atoms with E-state index >= 15 is 0 Å². The van der Waals surface area contributed by atoms with Gasteiger partial charge in [-0.25, -0.2) is 4.39 Å². The van der Waals surface area contributed by atoms with E-state index in [-0.39, 0.29) is 22.6 Å². The molecule has 7 nitrogen and oxygen atoms in total. The van der Waals surface area contributed by atoms with Crippen molar-refractivity contribution in [1.29, 1.82) is 0 Å². The van der Waals surface area contributed by atoms with E-state index in [2.05, 4.69) is 28.4 Å². The van der Waals surface area contributed by atoms with Gasteiger partial charge in [0, 0.05) is 49.4 Å². The molecule has 1 atom stereocenters. The zero-order valence-electron chi connectivity index (χ0n) is 24.2. The normalized spacial score (nSPS) is 16.0. The highest BCUT2D eigenvalue weighted by molar-refractivity contribution is 6.30. The van der Waals surface area contributed by atoms with Gasteiger partial charge in [0.05, 0.1) is 11.4 Å². The van der Waals surface area contributed by atoms with Crippen LogP contribution in [0.1, 0.15) is 47.4 Å². The maximum Gasteiger partial charge on any atom is 0.287 e. The summed E-state index contributed by atoms with van der Waals surface area (Å²) < 4.78 is 20.0. The van der Waals surface area contributed by atoms with Gasteiger partial charge in [-0.15, -0.1) is 0 Å². The molecular formula is C35H33ClFN3O4. The van der Waals surface area contributed by atoms with Crippen LogP contribution in [0.25, 0.3) is 11.0 Å². The highest BCUT2D eigenvalue weighted by Crippen LogP contribution is 2.29. The Hall–Kier alpha value is -4.43. The number of carbonyl (C=O) groups excluding carboxylic acids is 2. The van der Waals surface area contributed by atoms with Crippen LogP contribution in [-0.4, -0.2) is 42.4 Å². The lowest BCUT2D eigenvalue weighted by molar-refractivity contribution is -0.128. The molecule has 1 aromatic heterocycles. The van der Waals surface area contributed by atoms with Crippen molar-refractivity contribution in [2.75, 3.05) is 24.5 Å². The second kappa shape index (κ2) is 13.1. The first-order chi connectivity index (χ1) is 21.3. The summed E-state index contributed by atoms with van der Waals surface area (Å²) in [7, 11) is 0. The van der Waals surface area contributed by atoms with E-state index in [1.165, 1.54) is 23.8 Å². The van der Waals surface area contributed by atoms with Crippen molar-refractivity contribution in [1.82, 2.24) is 10.2 Å². The molecule has 0 spiro atoms. The third-order valence-electron chi connectivity index (χ3n) is 8.32. The van der Waals surface area contributed by atoms with E-state index in [9.17, 15) is 18.8 Å². The lowest BCUT2D eigenvalue weighted by Gasteiger charge is -2.33. The van der Waals surface area contributed by atoms with Gasteiger partial charge in [0.15, 0.2) is 22.6 Å². The molecule has 2 fully saturated rings. The molecular weight excluding hydrogens is 581 g/mol. The van der Waals surface area contributed by atoms with E-state index in [1.54, 1.807) is 12.1 Å². The quantitative estimate of drug-likeness (QED) is 0.237. The number of piperidine rings is 1. The van der Waals surface area contributed by atoms with Gasteiger partial charge < -0.3 is 19.5 Å². The molecule has 0 unspecified atom stereocenters. The zero-order valence-corrected chi connectivity index (χ0v) is 25.0. The van der Waals surface area contributed by atoms with Crippen molar-refractivity contribution >= 4 is 40.1 Å². The number of halogens is 2. The number of fused-ring (bicyclic) bond motifs is 1. The Morgan fingerprint density at radius 3 is 2.50 bits per heavy atom. The monoisotopic (exact) mass is 613 g/mol. The minimum Gasteiger partial charge on any atom is -0.448 e. The Labute approximate surface area is 259 Å². The number of anilines is 1. The van der Waals surface area contributed by atoms with Crippen molar-refractivity contribution in [2.24, 2.45) is 0 Å². The first-order valence-corrected chi connectivity index (χ1v) is 15.3. The first kappa shape index (κ1) is 29.6. The summed E-state index contributed by atoms with van der Waals surface area (Å²) in [5, 5.41) is 3.70. The lowest BCUT2D eigenvalue weighted by Crippen LogP contribution is -2.37. The SMILES string of the molecule is O=C(N[C@@H](C=C1CCN(c2ccccc2CN2CCCC2=O)CC1)Cc1ccc(Cl)cc1)c1cc(=O)c2cccc(F)c2o1. The molecule has 2 saturated heterocycles. The maximum absolute atomic E-state index is 14.4. The minimum atomic E-state index is -0.700. The lowest BCUT2D eigenvalue weighted by atomic mass is 9.97. The number of para-hydroxylation sites is 2. The predicted molar refractivity (Wildman–Crippen MR) is 169 cm³/mol. The van der Waals surface area contributed by atoms with E-state index in [4.69, 9.17) is 16.0 Å². The minimum absolute atomic E-state index is 0.0849. The fraction of sp³-hybridized carbons (Fsp3) is 0.286. The zero-order chi connectivity index (χ0) is 30.6. The Morgan fingerprint density at radius 2 is 1.75 bits per heavy atom. The molecule has 0 aliphatic carbocycles. The average molecular weight is 614 g/mol. The number of amides is 2. The van der Waals surface area contributed by atoms with Gasteiger partial charge >= 0.3 is 0 Å². The summed E-state index contributed by atoms with van der Waals surface area (Å²) in [4.78, 5) is 42.5. The fourth-order valence-corrected chi connectivity index (χ4v) is 6.16. The molecule has 4 aromatic rings. The van der Waals surface area contributed by atoms with Crippen LogP contribution >= 0.6 is 11.6 Å². The highest BCUT2D eigenvalue weighted by Gasteiger charge is 2.24. The van der Waals surface area contributed by atoms with Crippen LogP contribution in [0.2, 0.25) is 5.02 Å². The Kier molecular flexibility index (Phi) is 8.79. The van der Waals surface area contributed by atoms with Crippen molar-refractivity contribution in [2.45, 2.75) is 44.7 Å². The smallest absolute Gasteiger partial charge is 0.287 e. The number of benzene rings is 3. The van der Waals surface area contributed by atoms with Gasteiger partial charge in [0.2, 0.25) is 5.91 Å². The standard InChI is InChI=1S/C35H33ClFN3O4/c36-26-12-10-23(11-13-26)19-27(38-35(43)32-21-31(41)28-6-3-7-29(37)34(28)44-32)20-24-14-17-39(18-15-24)30-8-2-1-5-25(30)22-40-16-4-9-33(40)42/h1-3,5-8,10-13,20-21,27H,4,9,14-19,22H2,(H,38,43)/t27-/m1/s1. The molecule has 2 aliphatic rings. The average Bonchev–Trinajstić information content (AvgIpc) is 3.43. The number of carbonyl (C=O) groups is 2. The second-order valence-corrected chi connectivity index (χ2v) is 11.8. The van der Waals surface area contributed by atoms with E-state index < -0.39 is 23.2 Å². The number of likely N-dealkylation sites (tertiary alicyclic amines) is 1. The summed E-state index contributed by atoms with van der Waals surface area (Å²) >= 11 is 6.09. The Bertz CT molecular complexity index is 1780. The van der Waals surface area contributed by atoms with Gasteiger partial charge in [-0.05, 0) is 67.1 Å². The van der Waals surface area contributed by atoms with Gasteiger partial charge in [0.1, 0.15) is 0 Å². The molecule has 3 heterocycles. The van der Waals surface area contributed by atoms with E-state index in [0.29, 0.717) is 24.4 Å². The molecule has 2 aliphatic heterocycles. The second-order valence-electron chi connectivity index (χ2n) is 11.4. The maximum atomic E-state index is 14.4. The summed E-state index contributed by atoms with van der Waals surface area (Å²) in [5.74, 6) is -1.32. The van der Waals surface area contributed by atoms with Crippen molar-refractivity contribution in [3.63, 3.8) is 0 Å². The van der Waals surface area contributed by atoms with Crippen LogP contribution in [0.3, 0.4) is 0 Å². The molecule has 3 aromatic carbocycles. The summed E-state index contributed by atoms with van der Waals surface area (Å²) in [6.45, 7) is 3.03. The molecule has 0 radical (unpaired) electrons. The van der Waals surface area contributed by atoms with Crippen LogP contribution in [0.5, 0.6) is 0 Å². The molecule has 0 bridgehead atoms. The molecule has 6 rings (SSSR count). The Morgan fingerprint density at radius 1 is 0.977 bits per heavy atom. The molecule has 1 N–H and O–H groups in total. The largest absolute Gasteiger partial charge is 0.448 e. The number of hydrogen-bond acceptors (Lipinski definition) is 5. The van der Waals surface area contributed by atoms with Crippen LogP contribution in [0.4, 0.5) is 10.1 Å². The first-order valence-electron chi connectivity index (χ1n) is 14.9. The van der Waals surface area contributed by atoms with E-state index in [1.807, 2.05) is 29.2 Å². The van der Waals surface area contributed by atoms with Crippen LogP contribution in [0.15, 0.2) is 93.7 Å². The number of rotatable bonds is 8. The summed E-state index contributed by atoms with van der Waals surface area (Å²) in [5.41, 5.74) is 3.76. The van der Waals surface area contributed by atoms with Crippen molar-refractivity contribution in [3.05, 3.63) is 122 Å². The Balaban J connectivity index is 1.20. The molecule has 9 heteroatoms. The number of nitrogens with one attached hydrogen (secondary N) is 1. The van der Waals surface area contributed by atoms with Crippen molar-refractivity contribution in [3.8, 4) is 0 Å². The molecule has 0 saturated carbocycles. The number of nitrogens with zero attached hydrogens (tertiary/aromatic N) is 2. The van der Waals surface area contributed by atoms with Crippen LogP contribution in [0, 0.1) is 5.82 Å². The number of hydrogen-bond donors (Lipinski definition) is 1.